The van der Waals surface area contributed by atoms with Gasteiger partial charge in [-0.3, -0.25) is 0 Å². The maximum absolute atomic E-state index is 11.7. The summed E-state index contributed by atoms with van der Waals surface area (Å²) in [5.41, 5.74) is 0.562. The molecular weight excluding hydrogens is 311 g/mol. The third kappa shape index (κ3) is 5.17. The molecular formula is C15H14Cl2N2O2. The minimum Gasteiger partial charge on any atom is -0.492 e. The largest absolute Gasteiger partial charge is 0.492 e. The molecule has 0 aliphatic carbocycles. The molecule has 0 heterocycles. The van der Waals surface area contributed by atoms with E-state index in [9.17, 15) is 4.79 Å². The third-order valence-electron chi connectivity index (χ3n) is 2.57. The third-order valence-corrected chi connectivity index (χ3v) is 3.14. The number of anilines is 1. The molecule has 0 atom stereocenters. The van der Waals surface area contributed by atoms with Crippen LogP contribution >= 0.6 is 23.2 Å². The molecule has 6 heteroatoms. The Balaban J connectivity index is 1.71. The van der Waals surface area contributed by atoms with E-state index < -0.39 is 0 Å². The van der Waals surface area contributed by atoms with Crippen LogP contribution in [-0.4, -0.2) is 19.2 Å². The fraction of sp³-hybridized carbons (Fsp3) is 0.133. The van der Waals surface area contributed by atoms with E-state index in [0.29, 0.717) is 34.6 Å². The van der Waals surface area contributed by atoms with Crippen LogP contribution in [0, 0.1) is 0 Å². The number of para-hydroxylation sites is 1. The second-order valence-corrected chi connectivity index (χ2v) is 5.01. The molecule has 2 rings (SSSR count). The van der Waals surface area contributed by atoms with Gasteiger partial charge in [-0.2, -0.15) is 0 Å². The van der Waals surface area contributed by atoms with Crippen LogP contribution in [0.2, 0.25) is 10.0 Å². The van der Waals surface area contributed by atoms with Gasteiger partial charge in [-0.15, -0.1) is 0 Å². The van der Waals surface area contributed by atoms with Gasteiger partial charge >= 0.3 is 6.03 Å². The minimum absolute atomic E-state index is 0.335. The smallest absolute Gasteiger partial charge is 0.319 e. The van der Waals surface area contributed by atoms with Crippen molar-refractivity contribution in [1.82, 2.24) is 5.32 Å². The number of carbonyl (C=O) groups is 1. The number of amides is 2. The Labute approximate surface area is 133 Å². The van der Waals surface area contributed by atoms with E-state index >= 15 is 0 Å². The molecule has 0 aliphatic rings. The maximum Gasteiger partial charge on any atom is 0.319 e. The lowest BCUT2D eigenvalue weighted by Gasteiger charge is -2.10. The second kappa shape index (κ2) is 7.76. The van der Waals surface area contributed by atoms with E-state index in [1.165, 1.54) is 0 Å². The summed E-state index contributed by atoms with van der Waals surface area (Å²) < 4.78 is 5.46. The van der Waals surface area contributed by atoms with Gasteiger partial charge in [0.2, 0.25) is 0 Å². The molecule has 0 bridgehead atoms. The van der Waals surface area contributed by atoms with E-state index in [1.54, 1.807) is 48.5 Å². The SMILES string of the molecule is O=C(NCCOc1cccc(Cl)c1)Nc1ccccc1Cl. The number of hydrogen-bond acceptors (Lipinski definition) is 2. The molecule has 2 aromatic carbocycles. The van der Waals surface area contributed by atoms with Gasteiger partial charge in [0.1, 0.15) is 12.4 Å². The van der Waals surface area contributed by atoms with E-state index in [2.05, 4.69) is 10.6 Å². The van der Waals surface area contributed by atoms with Crippen molar-refractivity contribution in [1.29, 1.82) is 0 Å². The van der Waals surface area contributed by atoms with Crippen molar-refractivity contribution in [3.63, 3.8) is 0 Å². The maximum atomic E-state index is 11.7. The molecule has 0 fully saturated rings. The number of nitrogens with one attached hydrogen (secondary N) is 2. The van der Waals surface area contributed by atoms with Crippen molar-refractivity contribution >= 4 is 34.9 Å². The molecule has 2 N–H and O–H groups in total. The predicted octanol–water partition coefficient (Wildman–Crippen LogP) is 4.19. The first-order valence-corrected chi connectivity index (χ1v) is 7.08. The van der Waals surface area contributed by atoms with Crippen LogP contribution < -0.4 is 15.4 Å². The first-order chi connectivity index (χ1) is 10.1. The predicted molar refractivity (Wildman–Crippen MR) is 85.4 cm³/mol. The molecule has 0 spiro atoms. The summed E-state index contributed by atoms with van der Waals surface area (Å²) in [5, 5.41) is 6.43. The Hall–Kier alpha value is -1.91. The van der Waals surface area contributed by atoms with Crippen LogP contribution in [0.5, 0.6) is 5.75 Å². The molecule has 2 amide bonds. The topological polar surface area (TPSA) is 50.4 Å². The number of urea groups is 1. The van der Waals surface area contributed by atoms with Gasteiger partial charge in [-0.1, -0.05) is 41.4 Å². The Morgan fingerprint density at radius 3 is 2.67 bits per heavy atom. The van der Waals surface area contributed by atoms with Crippen molar-refractivity contribution < 1.29 is 9.53 Å². The first-order valence-electron chi connectivity index (χ1n) is 6.33. The van der Waals surface area contributed by atoms with Crippen molar-refractivity contribution in [3.8, 4) is 5.75 Å². The molecule has 110 valence electrons. The summed E-state index contributed by atoms with van der Waals surface area (Å²) in [4.78, 5) is 11.7. The molecule has 2 aromatic rings. The number of halogens is 2. The molecule has 21 heavy (non-hydrogen) atoms. The Morgan fingerprint density at radius 1 is 1.10 bits per heavy atom. The number of benzene rings is 2. The Bertz CT molecular complexity index is 620. The molecule has 0 saturated heterocycles. The molecule has 0 radical (unpaired) electrons. The van der Waals surface area contributed by atoms with Crippen molar-refractivity contribution in [2.75, 3.05) is 18.5 Å². The van der Waals surface area contributed by atoms with Gasteiger partial charge in [-0.25, -0.2) is 4.79 Å². The van der Waals surface area contributed by atoms with Crippen molar-refractivity contribution in [2.45, 2.75) is 0 Å². The van der Waals surface area contributed by atoms with E-state index in [4.69, 9.17) is 27.9 Å². The zero-order chi connectivity index (χ0) is 15.1. The van der Waals surface area contributed by atoms with Crippen LogP contribution in [0.1, 0.15) is 0 Å². The lowest BCUT2D eigenvalue weighted by Crippen LogP contribution is -2.32. The highest BCUT2D eigenvalue weighted by molar-refractivity contribution is 6.33. The van der Waals surface area contributed by atoms with Crippen LogP contribution in [-0.2, 0) is 0 Å². The summed E-state index contributed by atoms with van der Waals surface area (Å²) in [6, 6.07) is 13.8. The van der Waals surface area contributed by atoms with Gasteiger partial charge < -0.3 is 15.4 Å². The van der Waals surface area contributed by atoms with Gasteiger partial charge in [0.15, 0.2) is 0 Å². The van der Waals surface area contributed by atoms with Crippen LogP contribution in [0.4, 0.5) is 10.5 Å². The minimum atomic E-state index is -0.335. The van der Waals surface area contributed by atoms with E-state index in [-0.39, 0.29) is 6.03 Å². The van der Waals surface area contributed by atoms with Crippen LogP contribution in [0.3, 0.4) is 0 Å². The van der Waals surface area contributed by atoms with Crippen molar-refractivity contribution in [3.05, 3.63) is 58.6 Å². The fourth-order valence-electron chi connectivity index (χ4n) is 1.62. The number of rotatable bonds is 5. The van der Waals surface area contributed by atoms with Gasteiger partial charge in [0, 0.05) is 5.02 Å². The lowest BCUT2D eigenvalue weighted by molar-refractivity contribution is 0.247. The number of ether oxygens (including phenoxy) is 1. The molecule has 0 aromatic heterocycles. The highest BCUT2D eigenvalue weighted by Gasteiger charge is 2.04. The van der Waals surface area contributed by atoms with E-state index in [1.807, 2.05) is 0 Å². The first kappa shape index (κ1) is 15.5. The highest BCUT2D eigenvalue weighted by Crippen LogP contribution is 2.20. The average molecular weight is 325 g/mol. The van der Waals surface area contributed by atoms with Crippen LogP contribution in [0.25, 0.3) is 0 Å². The number of hydrogen-bond donors (Lipinski definition) is 2. The normalized spacial score (nSPS) is 10.0. The molecule has 0 aliphatic heterocycles. The van der Waals surface area contributed by atoms with Crippen LogP contribution in [0.15, 0.2) is 48.5 Å². The zero-order valence-electron chi connectivity index (χ0n) is 11.1. The van der Waals surface area contributed by atoms with Crippen molar-refractivity contribution in [2.24, 2.45) is 0 Å². The lowest BCUT2D eigenvalue weighted by atomic mass is 10.3. The summed E-state index contributed by atoms with van der Waals surface area (Å²) in [6.45, 7) is 0.707. The Kier molecular flexibility index (Phi) is 5.72. The second-order valence-electron chi connectivity index (χ2n) is 4.17. The summed E-state index contributed by atoms with van der Waals surface area (Å²) in [6.07, 6.45) is 0. The summed E-state index contributed by atoms with van der Waals surface area (Å²) >= 11 is 11.8. The van der Waals surface area contributed by atoms with Gasteiger partial charge in [-0.05, 0) is 30.3 Å². The van der Waals surface area contributed by atoms with E-state index in [0.717, 1.165) is 0 Å². The Morgan fingerprint density at radius 2 is 1.90 bits per heavy atom. The molecule has 0 saturated carbocycles. The molecule has 0 unspecified atom stereocenters. The highest BCUT2D eigenvalue weighted by atomic mass is 35.5. The zero-order valence-corrected chi connectivity index (χ0v) is 12.6. The quantitative estimate of drug-likeness (QED) is 0.810. The van der Waals surface area contributed by atoms with Gasteiger partial charge in [0.25, 0.3) is 0 Å². The summed E-state index contributed by atoms with van der Waals surface area (Å²) in [7, 11) is 0. The monoisotopic (exact) mass is 324 g/mol. The number of carbonyl (C=O) groups excluding carboxylic acids is 1. The fourth-order valence-corrected chi connectivity index (χ4v) is 1.98. The van der Waals surface area contributed by atoms with Gasteiger partial charge in [0.05, 0.1) is 17.3 Å². The molecule has 4 nitrogen and oxygen atoms in total. The average Bonchev–Trinajstić information content (AvgIpc) is 2.46. The standard InChI is InChI=1S/C15H14Cl2N2O2/c16-11-4-3-5-12(10-11)21-9-8-18-15(20)19-14-7-2-1-6-13(14)17/h1-7,10H,8-9H2,(H2,18,19,20). The summed E-state index contributed by atoms with van der Waals surface area (Å²) in [5.74, 6) is 0.663.